The van der Waals surface area contributed by atoms with E-state index in [-0.39, 0.29) is 11.3 Å². The van der Waals surface area contributed by atoms with Gasteiger partial charge in [0.2, 0.25) is 0 Å². The minimum absolute atomic E-state index is 0.0200. The van der Waals surface area contributed by atoms with Gasteiger partial charge in [-0.05, 0) is 33.8 Å². The number of nitrogens with one attached hydrogen (secondary N) is 1. The van der Waals surface area contributed by atoms with Crippen molar-refractivity contribution in [1.82, 2.24) is 4.98 Å². The molecule has 1 aromatic rings. The number of hydrogen-bond donors (Lipinski definition) is 2. The highest BCUT2D eigenvalue weighted by molar-refractivity contribution is 5.99. The molecule has 6 nitrogen and oxygen atoms in total. The second-order valence-corrected chi connectivity index (χ2v) is 4.75. The lowest BCUT2D eigenvalue weighted by molar-refractivity contribution is 0.0635. The van der Waals surface area contributed by atoms with Crippen LogP contribution < -0.4 is 5.32 Å². The van der Waals surface area contributed by atoms with Crippen LogP contribution in [0.15, 0.2) is 12.3 Å². The minimum atomic E-state index is -1.13. The van der Waals surface area contributed by atoms with E-state index in [1.165, 1.54) is 12.3 Å². The quantitative estimate of drug-likeness (QED) is 0.843. The fraction of sp³-hybridized carbons (Fsp3) is 0.417. The van der Waals surface area contributed by atoms with Crippen LogP contribution in [0.3, 0.4) is 0 Å². The first-order valence-electron chi connectivity index (χ1n) is 5.39. The van der Waals surface area contributed by atoms with Crippen molar-refractivity contribution in [2.45, 2.75) is 33.3 Å². The number of hydrogen-bond acceptors (Lipinski definition) is 4. The number of ether oxygens (including phenoxy) is 1. The van der Waals surface area contributed by atoms with Gasteiger partial charge in [-0.25, -0.2) is 9.59 Å². The van der Waals surface area contributed by atoms with Gasteiger partial charge >= 0.3 is 12.1 Å². The van der Waals surface area contributed by atoms with Crippen molar-refractivity contribution in [3.05, 3.63) is 23.5 Å². The van der Waals surface area contributed by atoms with Crippen molar-refractivity contribution in [3.63, 3.8) is 0 Å². The summed E-state index contributed by atoms with van der Waals surface area (Å²) >= 11 is 0. The molecule has 1 aromatic heterocycles. The summed E-state index contributed by atoms with van der Waals surface area (Å²) in [7, 11) is 0. The smallest absolute Gasteiger partial charge is 0.412 e. The number of carbonyl (C=O) groups is 2. The molecule has 6 heteroatoms. The van der Waals surface area contributed by atoms with Crippen LogP contribution in [-0.4, -0.2) is 27.8 Å². The molecule has 18 heavy (non-hydrogen) atoms. The van der Waals surface area contributed by atoms with Crippen LogP contribution in [-0.2, 0) is 4.74 Å². The maximum atomic E-state index is 11.6. The van der Waals surface area contributed by atoms with Crippen LogP contribution in [0, 0.1) is 6.92 Å². The summed E-state index contributed by atoms with van der Waals surface area (Å²) in [6.45, 7) is 6.78. The van der Waals surface area contributed by atoms with E-state index in [1.54, 1.807) is 27.7 Å². The molecule has 0 aliphatic carbocycles. The summed E-state index contributed by atoms with van der Waals surface area (Å²) in [4.78, 5) is 26.6. The monoisotopic (exact) mass is 252 g/mol. The normalized spacial score (nSPS) is 10.9. The fourth-order valence-electron chi connectivity index (χ4n) is 1.31. The molecule has 0 aliphatic rings. The van der Waals surface area contributed by atoms with E-state index in [0.29, 0.717) is 5.69 Å². The summed E-state index contributed by atoms with van der Waals surface area (Å²) in [5, 5.41) is 11.4. The SMILES string of the molecule is Cc1nccc(C(=O)O)c1NC(=O)OC(C)(C)C. The van der Waals surface area contributed by atoms with E-state index in [4.69, 9.17) is 9.84 Å². The highest BCUT2D eigenvalue weighted by atomic mass is 16.6. The van der Waals surface area contributed by atoms with Crippen molar-refractivity contribution in [2.75, 3.05) is 5.32 Å². The highest BCUT2D eigenvalue weighted by Crippen LogP contribution is 2.19. The second-order valence-electron chi connectivity index (χ2n) is 4.75. The molecule has 1 amide bonds. The highest BCUT2D eigenvalue weighted by Gasteiger charge is 2.20. The van der Waals surface area contributed by atoms with Gasteiger partial charge in [-0.15, -0.1) is 0 Å². The van der Waals surface area contributed by atoms with Gasteiger partial charge in [0.15, 0.2) is 0 Å². The third-order valence-electron chi connectivity index (χ3n) is 2.00. The average Bonchev–Trinajstić information content (AvgIpc) is 2.17. The van der Waals surface area contributed by atoms with E-state index in [1.807, 2.05) is 0 Å². The zero-order chi connectivity index (χ0) is 13.9. The topological polar surface area (TPSA) is 88.5 Å². The largest absolute Gasteiger partial charge is 0.478 e. The molecule has 2 N–H and O–H groups in total. The Balaban J connectivity index is 2.97. The first kappa shape index (κ1) is 14.0. The predicted octanol–water partition coefficient (Wildman–Crippen LogP) is 2.44. The van der Waals surface area contributed by atoms with Crippen molar-refractivity contribution in [2.24, 2.45) is 0 Å². The molecule has 0 unspecified atom stereocenters. The lowest BCUT2D eigenvalue weighted by atomic mass is 10.2. The molecule has 0 saturated heterocycles. The number of aromatic nitrogens is 1. The number of aromatic carboxylic acids is 1. The Morgan fingerprint density at radius 3 is 2.50 bits per heavy atom. The van der Waals surface area contributed by atoms with Crippen LogP contribution in [0.25, 0.3) is 0 Å². The van der Waals surface area contributed by atoms with E-state index >= 15 is 0 Å². The first-order valence-corrected chi connectivity index (χ1v) is 5.39. The Kier molecular flexibility index (Phi) is 3.90. The summed E-state index contributed by atoms with van der Waals surface area (Å²) in [5.41, 5.74) is -0.0998. The van der Waals surface area contributed by atoms with Gasteiger partial charge in [-0.2, -0.15) is 0 Å². The third-order valence-corrected chi connectivity index (χ3v) is 2.00. The first-order chi connectivity index (χ1) is 8.20. The lowest BCUT2D eigenvalue weighted by Crippen LogP contribution is -2.28. The second kappa shape index (κ2) is 5.03. The summed E-state index contributed by atoms with van der Waals surface area (Å²) in [6.07, 6.45) is 0.667. The number of anilines is 1. The summed E-state index contributed by atoms with van der Waals surface area (Å²) in [5.74, 6) is -1.13. The van der Waals surface area contributed by atoms with Crippen LogP contribution in [0.4, 0.5) is 10.5 Å². The molecule has 0 aliphatic heterocycles. The zero-order valence-corrected chi connectivity index (χ0v) is 10.8. The molecule has 1 heterocycles. The fourth-order valence-corrected chi connectivity index (χ4v) is 1.31. The number of nitrogens with zero attached hydrogens (tertiary/aromatic N) is 1. The lowest BCUT2D eigenvalue weighted by Gasteiger charge is -2.20. The minimum Gasteiger partial charge on any atom is -0.478 e. The van der Waals surface area contributed by atoms with Gasteiger partial charge in [-0.1, -0.05) is 0 Å². The Hall–Kier alpha value is -2.11. The molecular weight excluding hydrogens is 236 g/mol. The molecule has 0 fully saturated rings. The predicted molar refractivity (Wildman–Crippen MR) is 65.8 cm³/mol. The van der Waals surface area contributed by atoms with E-state index in [9.17, 15) is 9.59 Å². The average molecular weight is 252 g/mol. The molecule has 0 saturated carbocycles. The van der Waals surface area contributed by atoms with Crippen molar-refractivity contribution >= 4 is 17.7 Å². The van der Waals surface area contributed by atoms with E-state index < -0.39 is 17.7 Å². The van der Waals surface area contributed by atoms with Crippen LogP contribution >= 0.6 is 0 Å². The Labute approximate surface area is 105 Å². The van der Waals surface area contributed by atoms with E-state index in [0.717, 1.165) is 0 Å². The standard InChI is InChI=1S/C12H16N2O4/c1-7-9(8(10(15)16)5-6-13-7)14-11(17)18-12(2,3)4/h5-6H,1-4H3,(H,14,17)(H,15,16). The molecule has 0 radical (unpaired) electrons. The molecule has 0 aromatic carbocycles. The van der Waals surface area contributed by atoms with Crippen LogP contribution in [0.5, 0.6) is 0 Å². The number of aryl methyl sites for hydroxylation is 1. The number of rotatable bonds is 2. The third kappa shape index (κ3) is 3.73. The number of amides is 1. The Bertz CT molecular complexity index is 477. The number of carbonyl (C=O) groups excluding carboxylic acids is 1. The van der Waals surface area contributed by atoms with Gasteiger partial charge < -0.3 is 9.84 Å². The van der Waals surface area contributed by atoms with Crippen LogP contribution in [0.2, 0.25) is 0 Å². The molecule has 1 rings (SSSR count). The van der Waals surface area contributed by atoms with Crippen molar-refractivity contribution < 1.29 is 19.4 Å². The molecule has 98 valence electrons. The number of carboxylic acids is 1. The zero-order valence-electron chi connectivity index (χ0n) is 10.8. The molecule has 0 atom stereocenters. The Morgan fingerprint density at radius 2 is 2.00 bits per heavy atom. The molecule has 0 spiro atoms. The van der Waals surface area contributed by atoms with Gasteiger partial charge in [-0.3, -0.25) is 10.3 Å². The Morgan fingerprint density at radius 1 is 1.39 bits per heavy atom. The number of pyridine rings is 1. The molecular formula is C12H16N2O4. The van der Waals surface area contributed by atoms with Gasteiger partial charge in [0.05, 0.1) is 16.9 Å². The summed E-state index contributed by atoms with van der Waals surface area (Å²) in [6, 6.07) is 1.32. The molecule has 0 bridgehead atoms. The van der Waals surface area contributed by atoms with Crippen LogP contribution in [0.1, 0.15) is 36.8 Å². The van der Waals surface area contributed by atoms with Gasteiger partial charge in [0.1, 0.15) is 5.60 Å². The number of carboxylic acid groups (broad SMARTS) is 1. The van der Waals surface area contributed by atoms with Crippen molar-refractivity contribution in [1.29, 1.82) is 0 Å². The maximum Gasteiger partial charge on any atom is 0.412 e. The maximum absolute atomic E-state index is 11.6. The van der Waals surface area contributed by atoms with Gasteiger partial charge in [0, 0.05) is 6.20 Å². The summed E-state index contributed by atoms with van der Waals surface area (Å²) < 4.78 is 5.06. The van der Waals surface area contributed by atoms with Crippen molar-refractivity contribution in [3.8, 4) is 0 Å². The van der Waals surface area contributed by atoms with E-state index in [2.05, 4.69) is 10.3 Å². The van der Waals surface area contributed by atoms with Gasteiger partial charge in [0.25, 0.3) is 0 Å².